The Morgan fingerprint density at radius 2 is 2.20 bits per heavy atom. The van der Waals surface area contributed by atoms with Crippen LogP contribution in [0.1, 0.15) is 25.0 Å². The maximum Gasteiger partial charge on any atom is 0.226 e. The Labute approximate surface area is 90.0 Å². The van der Waals surface area contributed by atoms with Crippen LogP contribution in [0.5, 0.6) is 0 Å². The van der Waals surface area contributed by atoms with Crippen molar-refractivity contribution in [3.63, 3.8) is 0 Å². The molecule has 0 spiro atoms. The number of carbonyl (C=O) groups is 1. The first-order valence-corrected chi connectivity index (χ1v) is 5.27. The van der Waals surface area contributed by atoms with Crippen LogP contribution in [0.3, 0.4) is 0 Å². The molecule has 0 radical (unpaired) electrons. The lowest BCUT2D eigenvalue weighted by atomic mass is 10.1. The second-order valence-electron chi connectivity index (χ2n) is 4.16. The minimum absolute atomic E-state index is 0.0220. The number of carbonyl (C=O) groups excluding carboxylic acids is 1. The fraction of sp³-hybridized carbons (Fsp3) is 0.308. The van der Waals surface area contributed by atoms with Gasteiger partial charge in [-0.1, -0.05) is 32.1 Å². The molecule has 0 saturated heterocycles. The van der Waals surface area contributed by atoms with Gasteiger partial charge in [-0.25, -0.2) is 0 Å². The SMILES string of the molecule is CC(C)C(=O)Nc1ccc2c(c1)C=CC2. The summed E-state index contributed by atoms with van der Waals surface area (Å²) in [6.45, 7) is 3.78. The van der Waals surface area contributed by atoms with Crippen LogP contribution < -0.4 is 5.32 Å². The average molecular weight is 201 g/mol. The second-order valence-corrected chi connectivity index (χ2v) is 4.16. The molecule has 1 amide bonds. The molecular weight excluding hydrogens is 186 g/mol. The van der Waals surface area contributed by atoms with Crippen molar-refractivity contribution in [2.24, 2.45) is 5.92 Å². The molecule has 78 valence electrons. The first kappa shape index (κ1) is 9.97. The molecule has 0 fully saturated rings. The van der Waals surface area contributed by atoms with E-state index < -0.39 is 0 Å². The maximum atomic E-state index is 11.5. The lowest BCUT2D eigenvalue weighted by Gasteiger charge is -2.08. The highest BCUT2D eigenvalue weighted by atomic mass is 16.1. The van der Waals surface area contributed by atoms with Crippen LogP contribution in [0.15, 0.2) is 24.3 Å². The van der Waals surface area contributed by atoms with Gasteiger partial charge in [0.1, 0.15) is 0 Å². The van der Waals surface area contributed by atoms with E-state index >= 15 is 0 Å². The van der Waals surface area contributed by atoms with Crippen LogP contribution in [0, 0.1) is 5.92 Å². The van der Waals surface area contributed by atoms with Crippen LogP contribution in [-0.2, 0) is 11.2 Å². The van der Waals surface area contributed by atoms with E-state index in [4.69, 9.17) is 0 Å². The van der Waals surface area contributed by atoms with Crippen molar-refractivity contribution >= 4 is 17.7 Å². The molecule has 1 aliphatic carbocycles. The van der Waals surface area contributed by atoms with Crippen LogP contribution >= 0.6 is 0 Å². The first-order chi connectivity index (χ1) is 7.16. The zero-order chi connectivity index (χ0) is 10.8. The molecule has 1 aromatic rings. The minimum Gasteiger partial charge on any atom is -0.326 e. The van der Waals surface area contributed by atoms with E-state index in [9.17, 15) is 4.79 Å². The summed E-state index contributed by atoms with van der Waals surface area (Å²) in [5, 5.41) is 2.90. The fourth-order valence-electron chi connectivity index (χ4n) is 1.61. The highest BCUT2D eigenvalue weighted by Gasteiger charge is 2.09. The third-order valence-electron chi connectivity index (χ3n) is 2.57. The first-order valence-electron chi connectivity index (χ1n) is 5.27. The standard InChI is InChI=1S/C13H15NO/c1-9(2)13(15)14-12-7-6-10-4-3-5-11(10)8-12/h3,5-9H,4H2,1-2H3,(H,14,15). The van der Waals surface area contributed by atoms with Crippen LogP contribution in [0.2, 0.25) is 0 Å². The van der Waals surface area contributed by atoms with Crippen molar-refractivity contribution in [2.45, 2.75) is 20.3 Å². The van der Waals surface area contributed by atoms with Crippen molar-refractivity contribution in [3.8, 4) is 0 Å². The molecule has 0 saturated carbocycles. The van der Waals surface area contributed by atoms with Crippen molar-refractivity contribution in [1.82, 2.24) is 0 Å². The van der Waals surface area contributed by atoms with E-state index in [0.29, 0.717) is 0 Å². The molecular formula is C13H15NO. The van der Waals surface area contributed by atoms with Gasteiger partial charge in [0.25, 0.3) is 0 Å². The summed E-state index contributed by atoms with van der Waals surface area (Å²) in [7, 11) is 0. The van der Waals surface area contributed by atoms with E-state index in [-0.39, 0.29) is 11.8 Å². The molecule has 2 nitrogen and oxygen atoms in total. The van der Waals surface area contributed by atoms with Gasteiger partial charge in [-0.05, 0) is 29.7 Å². The third-order valence-corrected chi connectivity index (χ3v) is 2.57. The minimum atomic E-state index is 0.0220. The predicted molar refractivity (Wildman–Crippen MR) is 62.6 cm³/mol. The van der Waals surface area contributed by atoms with Crippen molar-refractivity contribution in [1.29, 1.82) is 0 Å². The molecule has 0 aromatic heterocycles. The summed E-state index contributed by atoms with van der Waals surface area (Å²) in [5.41, 5.74) is 3.44. The number of rotatable bonds is 2. The number of nitrogens with one attached hydrogen (secondary N) is 1. The molecule has 0 heterocycles. The largest absolute Gasteiger partial charge is 0.326 e. The lowest BCUT2D eigenvalue weighted by Crippen LogP contribution is -2.17. The van der Waals surface area contributed by atoms with Gasteiger partial charge in [0, 0.05) is 11.6 Å². The van der Waals surface area contributed by atoms with E-state index in [1.54, 1.807) is 0 Å². The lowest BCUT2D eigenvalue weighted by molar-refractivity contribution is -0.118. The van der Waals surface area contributed by atoms with Gasteiger partial charge in [-0.2, -0.15) is 0 Å². The topological polar surface area (TPSA) is 29.1 Å². The van der Waals surface area contributed by atoms with Crippen LogP contribution in [0.4, 0.5) is 5.69 Å². The number of hydrogen-bond donors (Lipinski definition) is 1. The van der Waals surface area contributed by atoms with E-state index in [1.165, 1.54) is 11.1 Å². The molecule has 1 aromatic carbocycles. The van der Waals surface area contributed by atoms with Crippen LogP contribution in [0.25, 0.3) is 6.08 Å². The molecule has 0 aliphatic heterocycles. The highest BCUT2D eigenvalue weighted by Crippen LogP contribution is 2.23. The van der Waals surface area contributed by atoms with Gasteiger partial charge in [0.2, 0.25) is 5.91 Å². The number of benzene rings is 1. The molecule has 2 rings (SSSR count). The summed E-state index contributed by atoms with van der Waals surface area (Å²) < 4.78 is 0. The van der Waals surface area contributed by atoms with Crippen molar-refractivity contribution in [3.05, 3.63) is 35.4 Å². The number of amides is 1. The zero-order valence-corrected chi connectivity index (χ0v) is 9.08. The summed E-state index contributed by atoms with van der Waals surface area (Å²) >= 11 is 0. The van der Waals surface area contributed by atoms with Crippen molar-refractivity contribution in [2.75, 3.05) is 5.32 Å². The summed E-state index contributed by atoms with van der Waals surface area (Å²) in [6.07, 6.45) is 5.24. The number of allylic oxidation sites excluding steroid dienone is 1. The summed E-state index contributed by atoms with van der Waals surface area (Å²) in [4.78, 5) is 11.5. The van der Waals surface area contributed by atoms with Gasteiger partial charge < -0.3 is 5.32 Å². The van der Waals surface area contributed by atoms with E-state index in [2.05, 4.69) is 23.5 Å². The number of hydrogen-bond acceptors (Lipinski definition) is 1. The smallest absolute Gasteiger partial charge is 0.226 e. The van der Waals surface area contributed by atoms with E-state index in [0.717, 1.165) is 12.1 Å². The predicted octanol–water partition coefficient (Wildman–Crippen LogP) is 2.85. The Morgan fingerprint density at radius 1 is 1.40 bits per heavy atom. The Hall–Kier alpha value is -1.57. The van der Waals surface area contributed by atoms with Crippen LogP contribution in [-0.4, -0.2) is 5.91 Å². The molecule has 0 bridgehead atoms. The third kappa shape index (κ3) is 2.09. The van der Waals surface area contributed by atoms with Gasteiger partial charge in [-0.15, -0.1) is 0 Å². The maximum absolute atomic E-state index is 11.5. The number of fused-ring (bicyclic) bond motifs is 1. The Balaban J connectivity index is 2.16. The molecule has 15 heavy (non-hydrogen) atoms. The summed E-state index contributed by atoms with van der Waals surface area (Å²) in [5.74, 6) is 0.0886. The summed E-state index contributed by atoms with van der Waals surface area (Å²) in [6, 6.07) is 6.07. The van der Waals surface area contributed by atoms with E-state index in [1.807, 2.05) is 26.0 Å². The average Bonchev–Trinajstić information content (AvgIpc) is 2.64. The van der Waals surface area contributed by atoms with Crippen molar-refractivity contribution < 1.29 is 4.79 Å². The highest BCUT2D eigenvalue weighted by molar-refractivity contribution is 5.92. The monoisotopic (exact) mass is 201 g/mol. The van der Waals surface area contributed by atoms with Gasteiger partial charge in [-0.3, -0.25) is 4.79 Å². The molecule has 1 N–H and O–H groups in total. The molecule has 0 atom stereocenters. The molecule has 0 unspecified atom stereocenters. The zero-order valence-electron chi connectivity index (χ0n) is 9.08. The Morgan fingerprint density at radius 3 is 2.93 bits per heavy atom. The van der Waals surface area contributed by atoms with Gasteiger partial charge in [0.05, 0.1) is 0 Å². The Kier molecular flexibility index (Phi) is 2.58. The molecule has 1 aliphatic rings. The second kappa shape index (κ2) is 3.89. The quantitative estimate of drug-likeness (QED) is 0.783. The van der Waals surface area contributed by atoms with Gasteiger partial charge in [0.15, 0.2) is 0 Å². The molecule has 2 heteroatoms. The van der Waals surface area contributed by atoms with Gasteiger partial charge >= 0.3 is 0 Å². The fourth-order valence-corrected chi connectivity index (χ4v) is 1.61. The Bertz CT molecular complexity index is 419. The normalized spacial score (nSPS) is 13.0. The number of anilines is 1.